The monoisotopic (exact) mass is 412 g/mol. The summed E-state index contributed by atoms with van der Waals surface area (Å²) in [6, 6.07) is 7.24. The molecular weight excluding hydrogens is 380 g/mol. The van der Waals surface area contributed by atoms with E-state index in [0.717, 1.165) is 56.9 Å². The average Bonchev–Trinajstić information content (AvgIpc) is 2.79. The molecule has 2 fully saturated rings. The number of carbonyl (C=O) groups is 1. The van der Waals surface area contributed by atoms with Crippen LogP contribution in [0.1, 0.15) is 37.7 Å². The third-order valence-corrected chi connectivity index (χ3v) is 5.47. The van der Waals surface area contributed by atoms with Crippen molar-refractivity contribution in [2.45, 2.75) is 44.3 Å². The molecule has 7 heteroatoms. The van der Waals surface area contributed by atoms with E-state index in [2.05, 4.69) is 26.4 Å². The third kappa shape index (κ3) is 6.75. The van der Waals surface area contributed by atoms with Gasteiger partial charge in [-0.3, -0.25) is 9.79 Å². The number of likely N-dealkylation sites (tertiary alicyclic amines) is 1. The number of nitrogens with zero attached hydrogens (tertiary/aromatic N) is 2. The molecule has 0 spiro atoms. The van der Waals surface area contributed by atoms with Gasteiger partial charge in [0, 0.05) is 38.0 Å². The smallest absolute Gasteiger partial charge is 0.243 e. The quantitative estimate of drug-likeness (QED) is 0.426. The molecule has 1 amide bonds. The first kappa shape index (κ1) is 22.1. The lowest BCUT2D eigenvalue weighted by Gasteiger charge is -2.35. The van der Waals surface area contributed by atoms with Gasteiger partial charge in [0.15, 0.2) is 5.96 Å². The van der Waals surface area contributed by atoms with Gasteiger partial charge in [-0.2, -0.15) is 0 Å². The fraction of sp³-hybridized carbons (Fsp3) is 0.565. The summed E-state index contributed by atoms with van der Waals surface area (Å²) in [5.41, 5.74) is 1.42. The Hall–Kier alpha value is -2.56. The van der Waals surface area contributed by atoms with Crippen molar-refractivity contribution in [2.75, 3.05) is 45.2 Å². The summed E-state index contributed by atoms with van der Waals surface area (Å²) in [7, 11) is 1.74. The molecule has 2 aliphatic heterocycles. The first-order chi connectivity index (χ1) is 14.7. The number of anilines is 1. The second-order valence-corrected chi connectivity index (χ2v) is 7.68. The summed E-state index contributed by atoms with van der Waals surface area (Å²) in [5, 5.41) is 6.00. The van der Waals surface area contributed by atoms with Crippen LogP contribution in [-0.4, -0.2) is 68.9 Å². The van der Waals surface area contributed by atoms with E-state index in [-0.39, 0.29) is 24.7 Å². The minimum atomic E-state index is -0.143. The van der Waals surface area contributed by atoms with Crippen molar-refractivity contribution in [2.24, 2.45) is 4.99 Å². The van der Waals surface area contributed by atoms with Crippen LogP contribution in [0.2, 0.25) is 0 Å². The Morgan fingerprint density at radius 3 is 2.87 bits per heavy atom. The van der Waals surface area contributed by atoms with Crippen LogP contribution in [0.4, 0.5) is 5.69 Å². The van der Waals surface area contributed by atoms with Gasteiger partial charge < -0.3 is 25.0 Å². The van der Waals surface area contributed by atoms with E-state index >= 15 is 0 Å². The zero-order chi connectivity index (χ0) is 21.2. The molecule has 3 rings (SSSR count). The fourth-order valence-electron chi connectivity index (χ4n) is 3.80. The molecule has 0 aromatic heterocycles. The molecule has 2 saturated heterocycles. The van der Waals surface area contributed by atoms with Gasteiger partial charge in [0.25, 0.3) is 0 Å². The molecule has 1 atom stereocenters. The minimum Gasteiger partial charge on any atom is -0.376 e. The van der Waals surface area contributed by atoms with E-state index in [1.807, 2.05) is 18.2 Å². The van der Waals surface area contributed by atoms with Crippen LogP contribution < -0.4 is 10.6 Å². The van der Waals surface area contributed by atoms with Crippen molar-refractivity contribution in [3.8, 4) is 12.3 Å². The second-order valence-electron chi connectivity index (χ2n) is 7.68. The third-order valence-electron chi connectivity index (χ3n) is 5.47. The number of piperidine rings is 1. The topological polar surface area (TPSA) is 75.2 Å². The maximum absolute atomic E-state index is 12.3. The van der Waals surface area contributed by atoms with Gasteiger partial charge in [-0.1, -0.05) is 12.0 Å². The van der Waals surface area contributed by atoms with Gasteiger partial charge in [0.1, 0.15) is 0 Å². The van der Waals surface area contributed by atoms with Crippen LogP contribution in [0.15, 0.2) is 29.3 Å². The number of terminal acetylenes is 1. The van der Waals surface area contributed by atoms with Crippen molar-refractivity contribution in [3.05, 3.63) is 29.8 Å². The van der Waals surface area contributed by atoms with E-state index in [1.165, 1.54) is 6.42 Å². The van der Waals surface area contributed by atoms with Crippen molar-refractivity contribution in [3.63, 3.8) is 0 Å². The molecular formula is C23H32N4O3. The predicted octanol–water partition coefficient (Wildman–Crippen LogP) is 2.23. The SMILES string of the molecule is C#Cc1cccc(NC(=O)CNC(=NC)N2CCC(OCC3CCCCO3)CC2)c1. The lowest BCUT2D eigenvalue weighted by molar-refractivity contribution is -0.115. The first-order valence-electron chi connectivity index (χ1n) is 10.7. The van der Waals surface area contributed by atoms with Crippen molar-refractivity contribution < 1.29 is 14.3 Å². The van der Waals surface area contributed by atoms with E-state index in [4.69, 9.17) is 15.9 Å². The van der Waals surface area contributed by atoms with Crippen molar-refractivity contribution >= 4 is 17.6 Å². The van der Waals surface area contributed by atoms with Crippen molar-refractivity contribution in [1.29, 1.82) is 0 Å². The maximum atomic E-state index is 12.3. The number of benzene rings is 1. The number of amides is 1. The predicted molar refractivity (Wildman–Crippen MR) is 119 cm³/mol. The number of ether oxygens (including phenoxy) is 2. The summed E-state index contributed by atoms with van der Waals surface area (Å²) >= 11 is 0. The Kier molecular flexibility index (Phi) is 8.54. The molecule has 0 bridgehead atoms. The normalized spacial score (nSPS) is 20.5. The minimum absolute atomic E-state index is 0.141. The standard InChI is InChI=1S/C23H32N4O3/c1-3-18-7-6-8-19(15-18)26-22(28)16-25-23(24-2)27-12-10-20(11-13-27)30-17-21-9-4-5-14-29-21/h1,6-8,15,20-21H,4-5,9-14,16-17H2,2H3,(H,24,25)(H,26,28). The van der Waals surface area contributed by atoms with Crippen LogP contribution in [0, 0.1) is 12.3 Å². The molecule has 1 aromatic carbocycles. The Morgan fingerprint density at radius 1 is 1.33 bits per heavy atom. The maximum Gasteiger partial charge on any atom is 0.243 e. The summed E-state index contributed by atoms with van der Waals surface area (Å²) in [6.07, 6.45) is 11.3. The van der Waals surface area contributed by atoms with Crippen LogP contribution >= 0.6 is 0 Å². The highest BCUT2D eigenvalue weighted by Crippen LogP contribution is 2.18. The van der Waals surface area contributed by atoms with E-state index in [1.54, 1.807) is 13.1 Å². The van der Waals surface area contributed by atoms with Crippen molar-refractivity contribution in [1.82, 2.24) is 10.2 Å². The molecule has 2 N–H and O–H groups in total. The van der Waals surface area contributed by atoms with Gasteiger partial charge in [-0.25, -0.2) is 0 Å². The van der Waals surface area contributed by atoms with E-state index < -0.39 is 0 Å². The van der Waals surface area contributed by atoms with E-state index in [9.17, 15) is 4.79 Å². The van der Waals surface area contributed by atoms with Crippen LogP contribution in [0.3, 0.4) is 0 Å². The molecule has 1 unspecified atom stereocenters. The zero-order valence-electron chi connectivity index (χ0n) is 17.7. The summed E-state index contributed by atoms with van der Waals surface area (Å²) in [4.78, 5) is 18.8. The molecule has 0 aliphatic carbocycles. The fourth-order valence-corrected chi connectivity index (χ4v) is 3.80. The van der Waals surface area contributed by atoms with Crippen LogP contribution in [-0.2, 0) is 14.3 Å². The molecule has 0 saturated carbocycles. The summed E-state index contributed by atoms with van der Waals surface area (Å²) in [6.45, 7) is 3.39. The number of hydrogen-bond donors (Lipinski definition) is 2. The molecule has 7 nitrogen and oxygen atoms in total. The molecule has 1 aromatic rings. The van der Waals surface area contributed by atoms with Crippen LogP contribution in [0.25, 0.3) is 0 Å². The average molecular weight is 413 g/mol. The van der Waals surface area contributed by atoms with Crippen LogP contribution in [0.5, 0.6) is 0 Å². The van der Waals surface area contributed by atoms with Gasteiger partial charge in [0.2, 0.25) is 5.91 Å². The Bertz CT molecular complexity index is 760. The highest BCUT2D eigenvalue weighted by atomic mass is 16.5. The summed E-state index contributed by atoms with van der Waals surface area (Å²) < 4.78 is 11.8. The van der Waals surface area contributed by atoms with Gasteiger partial charge in [-0.15, -0.1) is 6.42 Å². The number of nitrogens with one attached hydrogen (secondary N) is 2. The number of aliphatic imine (C=N–C) groups is 1. The first-order valence-corrected chi connectivity index (χ1v) is 10.7. The Balaban J connectivity index is 1.37. The van der Waals surface area contributed by atoms with Gasteiger partial charge in [0.05, 0.1) is 25.4 Å². The largest absolute Gasteiger partial charge is 0.376 e. The highest BCUT2D eigenvalue weighted by Gasteiger charge is 2.24. The number of rotatable bonds is 6. The molecule has 2 heterocycles. The molecule has 30 heavy (non-hydrogen) atoms. The Labute approximate surface area is 179 Å². The summed E-state index contributed by atoms with van der Waals surface area (Å²) in [5.74, 6) is 3.15. The zero-order valence-corrected chi connectivity index (χ0v) is 17.7. The highest BCUT2D eigenvalue weighted by molar-refractivity contribution is 5.95. The lowest BCUT2D eigenvalue weighted by Crippen LogP contribution is -2.48. The lowest BCUT2D eigenvalue weighted by atomic mass is 10.1. The molecule has 162 valence electrons. The van der Waals surface area contributed by atoms with E-state index in [0.29, 0.717) is 12.3 Å². The number of hydrogen-bond acceptors (Lipinski definition) is 4. The Morgan fingerprint density at radius 2 is 2.17 bits per heavy atom. The molecule has 2 aliphatic rings. The van der Waals surface area contributed by atoms with Gasteiger partial charge in [-0.05, 0) is 50.3 Å². The second kappa shape index (κ2) is 11.6. The molecule has 0 radical (unpaired) electrons. The number of carbonyl (C=O) groups excluding carboxylic acids is 1. The number of guanidine groups is 1. The van der Waals surface area contributed by atoms with Gasteiger partial charge >= 0.3 is 0 Å².